The normalized spacial score (nSPS) is 12.5. The average molecular weight is 322 g/mol. The molecular formula is C15H18N2O4S. The molecule has 0 bridgehead atoms. The number of carboxylic acid groups (broad SMARTS) is 1. The van der Waals surface area contributed by atoms with Gasteiger partial charge >= 0.3 is 5.97 Å². The Labute approximate surface area is 132 Å². The lowest BCUT2D eigenvalue weighted by molar-refractivity contribution is -0.383. The van der Waals surface area contributed by atoms with Crippen LogP contribution in [-0.2, 0) is 18.3 Å². The van der Waals surface area contributed by atoms with E-state index >= 15 is 0 Å². The number of aromatic nitrogens is 1. The highest BCUT2D eigenvalue weighted by Gasteiger charge is 2.26. The highest BCUT2D eigenvalue weighted by Crippen LogP contribution is 2.39. The Morgan fingerprint density at radius 1 is 1.50 bits per heavy atom. The smallest absolute Gasteiger partial charge is 0.306 e. The van der Waals surface area contributed by atoms with E-state index in [4.69, 9.17) is 5.11 Å². The topological polar surface area (TPSA) is 85.4 Å². The maximum absolute atomic E-state index is 11.4. The van der Waals surface area contributed by atoms with Crippen molar-refractivity contribution in [3.05, 3.63) is 33.5 Å². The minimum absolute atomic E-state index is 0.0316. The molecule has 2 aromatic rings. The Kier molecular flexibility index (Phi) is 4.46. The Hall–Kier alpha value is -2.02. The minimum Gasteiger partial charge on any atom is -0.481 e. The van der Waals surface area contributed by atoms with Gasteiger partial charge in [-0.15, -0.1) is 11.8 Å². The number of nitrogens with zero attached hydrogens (tertiary/aromatic N) is 2. The van der Waals surface area contributed by atoms with Gasteiger partial charge in [-0.1, -0.05) is 6.92 Å². The number of aryl methyl sites for hydroxylation is 1. The summed E-state index contributed by atoms with van der Waals surface area (Å²) in [5.41, 5.74) is 2.44. The highest BCUT2D eigenvalue weighted by molar-refractivity contribution is 7.98. The minimum atomic E-state index is -0.903. The van der Waals surface area contributed by atoms with Crippen LogP contribution < -0.4 is 0 Å². The molecule has 22 heavy (non-hydrogen) atoms. The Bertz CT molecular complexity index is 767. The number of hydrogen-bond donors (Lipinski definition) is 1. The molecule has 0 fully saturated rings. The van der Waals surface area contributed by atoms with Crippen LogP contribution in [0.4, 0.5) is 5.69 Å². The zero-order chi connectivity index (χ0) is 16.6. The van der Waals surface area contributed by atoms with E-state index in [1.807, 2.05) is 24.8 Å². The third kappa shape index (κ3) is 2.56. The van der Waals surface area contributed by atoms with E-state index in [2.05, 4.69) is 0 Å². The van der Waals surface area contributed by atoms with Gasteiger partial charge in [0.05, 0.1) is 21.7 Å². The lowest BCUT2D eigenvalue weighted by atomic mass is 9.98. The van der Waals surface area contributed by atoms with Crippen molar-refractivity contribution < 1.29 is 14.8 Å². The second kappa shape index (κ2) is 6.00. The van der Waals surface area contributed by atoms with Crippen molar-refractivity contribution in [1.82, 2.24) is 4.57 Å². The molecule has 118 valence electrons. The van der Waals surface area contributed by atoms with Crippen molar-refractivity contribution in [2.24, 2.45) is 13.0 Å². The van der Waals surface area contributed by atoms with Crippen molar-refractivity contribution in [3.8, 4) is 0 Å². The summed E-state index contributed by atoms with van der Waals surface area (Å²) in [6.07, 6.45) is 2.19. The molecule has 1 aromatic carbocycles. The van der Waals surface area contributed by atoms with Gasteiger partial charge in [0.15, 0.2) is 0 Å². The maximum atomic E-state index is 11.4. The fourth-order valence-corrected chi connectivity index (χ4v) is 3.34. The molecule has 1 unspecified atom stereocenters. The molecule has 0 saturated heterocycles. The fourth-order valence-electron chi connectivity index (χ4n) is 2.70. The third-order valence-electron chi connectivity index (χ3n) is 4.04. The summed E-state index contributed by atoms with van der Waals surface area (Å²) in [4.78, 5) is 23.1. The van der Waals surface area contributed by atoms with Crippen LogP contribution in [0.3, 0.4) is 0 Å². The van der Waals surface area contributed by atoms with Crippen LogP contribution in [0.5, 0.6) is 0 Å². The van der Waals surface area contributed by atoms with Crippen LogP contribution in [0.2, 0.25) is 0 Å². The zero-order valence-corrected chi connectivity index (χ0v) is 13.7. The molecular weight excluding hydrogens is 304 g/mol. The van der Waals surface area contributed by atoms with Crippen LogP contribution in [0.15, 0.2) is 17.0 Å². The first-order chi connectivity index (χ1) is 10.3. The van der Waals surface area contributed by atoms with Gasteiger partial charge in [0.25, 0.3) is 5.69 Å². The van der Waals surface area contributed by atoms with Crippen molar-refractivity contribution in [2.45, 2.75) is 25.2 Å². The number of nitro benzene ring substituents is 1. The van der Waals surface area contributed by atoms with Gasteiger partial charge in [-0.05, 0) is 31.2 Å². The van der Waals surface area contributed by atoms with Crippen LogP contribution in [0, 0.1) is 23.0 Å². The van der Waals surface area contributed by atoms with Crippen LogP contribution in [0.1, 0.15) is 18.2 Å². The van der Waals surface area contributed by atoms with E-state index in [1.54, 1.807) is 13.0 Å². The number of benzene rings is 1. The lowest BCUT2D eigenvalue weighted by Crippen LogP contribution is -2.13. The van der Waals surface area contributed by atoms with Gasteiger partial charge in [0.2, 0.25) is 0 Å². The van der Waals surface area contributed by atoms with Crippen molar-refractivity contribution in [3.63, 3.8) is 0 Å². The Morgan fingerprint density at radius 3 is 2.64 bits per heavy atom. The molecule has 0 radical (unpaired) electrons. The number of nitro groups is 1. The summed E-state index contributed by atoms with van der Waals surface area (Å²) < 4.78 is 1.91. The number of non-ortho nitro benzene ring substituents is 1. The van der Waals surface area contributed by atoms with Crippen LogP contribution >= 0.6 is 11.8 Å². The van der Waals surface area contributed by atoms with Gasteiger partial charge in [-0.25, -0.2) is 0 Å². The largest absolute Gasteiger partial charge is 0.481 e. The molecule has 0 saturated carbocycles. The number of hydrogen-bond acceptors (Lipinski definition) is 4. The van der Waals surface area contributed by atoms with Crippen molar-refractivity contribution in [2.75, 3.05) is 6.26 Å². The predicted molar refractivity (Wildman–Crippen MR) is 86.6 cm³/mol. The van der Waals surface area contributed by atoms with Gasteiger partial charge in [-0.2, -0.15) is 0 Å². The molecule has 7 heteroatoms. The summed E-state index contributed by atoms with van der Waals surface area (Å²) in [5, 5.41) is 21.1. The van der Waals surface area contributed by atoms with Gasteiger partial charge in [-0.3, -0.25) is 14.9 Å². The predicted octanol–water partition coefficient (Wildman–Crippen LogP) is 3.38. The molecule has 6 nitrogen and oxygen atoms in total. The number of thioether (sulfide) groups is 1. The molecule has 0 aliphatic rings. The number of fused-ring (bicyclic) bond motifs is 1. The Morgan fingerprint density at radius 2 is 2.14 bits per heavy atom. The summed E-state index contributed by atoms with van der Waals surface area (Å²) in [7, 11) is 1.86. The molecule has 1 atom stereocenters. The second-order valence-corrected chi connectivity index (χ2v) is 6.18. The molecule has 1 N–H and O–H groups in total. The van der Waals surface area contributed by atoms with Crippen LogP contribution in [-0.4, -0.2) is 26.8 Å². The van der Waals surface area contributed by atoms with Crippen LogP contribution in [0.25, 0.3) is 10.9 Å². The summed E-state index contributed by atoms with van der Waals surface area (Å²) in [6.45, 7) is 3.49. The molecule has 0 aliphatic heterocycles. The van der Waals surface area contributed by atoms with E-state index in [1.165, 1.54) is 17.8 Å². The zero-order valence-electron chi connectivity index (χ0n) is 12.9. The third-order valence-corrected chi connectivity index (χ3v) is 4.81. The van der Waals surface area contributed by atoms with E-state index in [0.717, 1.165) is 21.7 Å². The first kappa shape index (κ1) is 16.4. The Balaban J connectivity index is 2.82. The first-order valence-electron chi connectivity index (χ1n) is 6.81. The maximum Gasteiger partial charge on any atom is 0.306 e. The molecule has 1 aromatic heterocycles. The molecule has 1 heterocycles. The van der Waals surface area contributed by atoms with E-state index in [0.29, 0.717) is 5.39 Å². The highest BCUT2D eigenvalue weighted by atomic mass is 32.2. The first-order valence-corrected chi connectivity index (χ1v) is 8.04. The monoisotopic (exact) mass is 322 g/mol. The number of carbonyl (C=O) groups is 1. The number of carboxylic acids is 1. The fraction of sp³-hybridized carbons (Fsp3) is 0.400. The van der Waals surface area contributed by atoms with E-state index in [9.17, 15) is 14.9 Å². The molecule has 2 rings (SSSR count). The standard InChI is InChI=1S/C15H18N2O4S/c1-8(15(18)19)7-10-9(2)16(3)14-12(22-4)6-5-11(13(10)14)17(20)21/h5-6,8H,7H2,1-4H3,(H,18,19). The summed E-state index contributed by atoms with van der Waals surface area (Å²) in [5.74, 6) is -1.50. The summed E-state index contributed by atoms with van der Waals surface area (Å²) in [6, 6.07) is 3.25. The SMILES string of the molecule is CSc1ccc([N+](=O)[O-])c2c(CC(C)C(=O)O)c(C)n(C)c12. The van der Waals surface area contributed by atoms with Gasteiger partial charge in [0.1, 0.15) is 0 Å². The van der Waals surface area contributed by atoms with Crippen molar-refractivity contribution >= 4 is 34.3 Å². The van der Waals surface area contributed by atoms with Crippen molar-refractivity contribution in [1.29, 1.82) is 0 Å². The lowest BCUT2D eigenvalue weighted by Gasteiger charge is -2.07. The van der Waals surface area contributed by atoms with Gasteiger partial charge in [0, 0.05) is 23.7 Å². The summed E-state index contributed by atoms with van der Waals surface area (Å²) >= 11 is 1.52. The van der Waals surface area contributed by atoms with E-state index in [-0.39, 0.29) is 12.1 Å². The number of rotatable bonds is 5. The average Bonchev–Trinajstić information content (AvgIpc) is 2.71. The molecule has 0 amide bonds. The number of aliphatic carboxylic acids is 1. The van der Waals surface area contributed by atoms with E-state index < -0.39 is 16.8 Å². The quantitative estimate of drug-likeness (QED) is 0.518. The van der Waals surface area contributed by atoms with Gasteiger partial charge < -0.3 is 9.67 Å². The molecule has 0 spiro atoms. The second-order valence-electron chi connectivity index (χ2n) is 5.33. The molecule has 0 aliphatic carbocycles.